The first-order chi connectivity index (χ1) is 15.6. The minimum atomic E-state index is -0.340. The second-order valence-corrected chi connectivity index (χ2v) is 7.99. The van der Waals surface area contributed by atoms with Crippen molar-refractivity contribution < 1.29 is 9.53 Å². The monoisotopic (exact) mass is 435 g/mol. The van der Waals surface area contributed by atoms with Crippen LogP contribution in [-0.2, 0) is 28.8 Å². The summed E-state index contributed by atoms with van der Waals surface area (Å²) in [4.78, 5) is 31.0. The molecule has 3 aromatic heterocycles. The molecule has 3 aromatic rings. The van der Waals surface area contributed by atoms with Crippen LogP contribution in [0.2, 0.25) is 0 Å². The number of carbonyl (C=O) groups excluding carboxylic acids is 1. The molecule has 0 amide bonds. The Morgan fingerprint density at radius 2 is 2.06 bits per heavy atom. The number of ether oxygens (including phenoxy) is 1. The lowest BCUT2D eigenvalue weighted by Crippen LogP contribution is -2.19. The van der Waals surface area contributed by atoms with E-state index in [2.05, 4.69) is 22.4 Å². The summed E-state index contributed by atoms with van der Waals surface area (Å²) >= 11 is 0. The largest absolute Gasteiger partial charge is 0.466 e. The number of hydrogen-bond acceptors (Lipinski definition) is 6. The van der Waals surface area contributed by atoms with Gasteiger partial charge in [-0.2, -0.15) is 5.10 Å². The number of fused-ring (bicyclic) bond motifs is 1. The summed E-state index contributed by atoms with van der Waals surface area (Å²) in [6, 6.07) is 9.12. The van der Waals surface area contributed by atoms with Gasteiger partial charge in [-0.25, -0.2) is 4.98 Å². The summed E-state index contributed by atoms with van der Waals surface area (Å²) in [5.41, 5.74) is 3.97. The van der Waals surface area contributed by atoms with E-state index in [1.54, 1.807) is 23.9 Å². The Morgan fingerprint density at radius 3 is 2.88 bits per heavy atom. The molecule has 0 radical (unpaired) electrons. The fraction of sp³-hybridized carbons (Fsp3) is 0.417. The number of nitrogens with one attached hydrogen (secondary N) is 2. The molecule has 168 valence electrons. The second-order valence-electron chi connectivity index (χ2n) is 7.99. The summed E-state index contributed by atoms with van der Waals surface area (Å²) in [5, 5.41) is 8.09. The number of esters is 1. The van der Waals surface area contributed by atoms with Crippen molar-refractivity contribution in [1.82, 2.24) is 19.7 Å². The molecule has 4 heterocycles. The quantitative estimate of drug-likeness (QED) is 0.501. The first kappa shape index (κ1) is 21.8. The Kier molecular flexibility index (Phi) is 6.99. The van der Waals surface area contributed by atoms with E-state index in [0.717, 1.165) is 61.4 Å². The lowest BCUT2D eigenvalue weighted by molar-refractivity contribution is -0.143. The van der Waals surface area contributed by atoms with Gasteiger partial charge in [-0.15, -0.1) is 0 Å². The molecule has 0 aromatic carbocycles. The molecule has 1 unspecified atom stereocenters. The Bertz CT molecular complexity index is 1100. The average Bonchev–Trinajstić information content (AvgIpc) is 3.27. The van der Waals surface area contributed by atoms with Gasteiger partial charge in [0.2, 0.25) is 5.56 Å². The van der Waals surface area contributed by atoms with Crippen molar-refractivity contribution >= 4 is 11.8 Å². The van der Waals surface area contributed by atoms with Gasteiger partial charge in [0.25, 0.3) is 0 Å². The van der Waals surface area contributed by atoms with Gasteiger partial charge in [0.05, 0.1) is 24.8 Å². The summed E-state index contributed by atoms with van der Waals surface area (Å²) in [6.07, 6.45) is 8.54. The maximum absolute atomic E-state index is 12.2. The zero-order valence-corrected chi connectivity index (χ0v) is 18.3. The fourth-order valence-corrected chi connectivity index (χ4v) is 4.01. The molecule has 8 nitrogen and oxygen atoms in total. The van der Waals surface area contributed by atoms with E-state index >= 15 is 0 Å². The van der Waals surface area contributed by atoms with Crippen LogP contribution in [0.1, 0.15) is 54.7 Å². The van der Waals surface area contributed by atoms with Crippen LogP contribution in [0.5, 0.6) is 0 Å². The molecule has 1 aliphatic rings. The highest BCUT2D eigenvalue weighted by atomic mass is 16.5. The minimum absolute atomic E-state index is 0.146. The highest BCUT2D eigenvalue weighted by Gasteiger charge is 2.20. The molecular weight excluding hydrogens is 406 g/mol. The van der Waals surface area contributed by atoms with Gasteiger partial charge in [-0.1, -0.05) is 6.07 Å². The van der Waals surface area contributed by atoms with Gasteiger partial charge in [-0.3, -0.25) is 14.3 Å². The topological polar surface area (TPSA) is 102 Å². The van der Waals surface area contributed by atoms with E-state index in [9.17, 15) is 9.59 Å². The van der Waals surface area contributed by atoms with Crippen LogP contribution >= 0.6 is 0 Å². The zero-order valence-electron chi connectivity index (χ0n) is 18.3. The summed E-state index contributed by atoms with van der Waals surface area (Å²) < 4.78 is 6.91. The van der Waals surface area contributed by atoms with Crippen LogP contribution < -0.4 is 10.9 Å². The van der Waals surface area contributed by atoms with Crippen molar-refractivity contribution in [2.24, 2.45) is 0 Å². The zero-order chi connectivity index (χ0) is 22.3. The van der Waals surface area contributed by atoms with Crippen LogP contribution in [0.25, 0.3) is 0 Å². The lowest BCUT2D eigenvalue weighted by atomic mass is 10.1. The molecular formula is C24H29N5O3. The van der Waals surface area contributed by atoms with Gasteiger partial charge < -0.3 is 15.0 Å². The Balaban J connectivity index is 1.41. The number of aromatic nitrogens is 4. The van der Waals surface area contributed by atoms with E-state index in [1.807, 2.05) is 12.3 Å². The summed E-state index contributed by atoms with van der Waals surface area (Å²) in [6.45, 7) is 3.10. The third-order valence-corrected chi connectivity index (χ3v) is 5.66. The lowest BCUT2D eigenvalue weighted by Gasteiger charge is -2.17. The van der Waals surface area contributed by atoms with E-state index in [4.69, 9.17) is 14.8 Å². The molecule has 0 saturated carbocycles. The predicted octanol–water partition coefficient (Wildman–Crippen LogP) is 3.04. The van der Waals surface area contributed by atoms with Gasteiger partial charge >= 0.3 is 5.97 Å². The molecule has 0 spiro atoms. The molecule has 32 heavy (non-hydrogen) atoms. The van der Waals surface area contributed by atoms with Crippen molar-refractivity contribution in [2.45, 2.75) is 51.5 Å². The van der Waals surface area contributed by atoms with E-state index in [0.29, 0.717) is 6.61 Å². The highest BCUT2D eigenvalue weighted by Crippen LogP contribution is 2.22. The van der Waals surface area contributed by atoms with Crippen molar-refractivity contribution in [1.29, 1.82) is 0 Å². The third kappa shape index (κ3) is 5.43. The smallest absolute Gasteiger partial charge is 0.308 e. The number of anilines is 1. The van der Waals surface area contributed by atoms with Crippen LogP contribution in [0.4, 0.5) is 5.82 Å². The maximum Gasteiger partial charge on any atom is 0.308 e. The summed E-state index contributed by atoms with van der Waals surface area (Å²) in [5.74, 6) is 0.730. The van der Waals surface area contributed by atoms with Crippen molar-refractivity contribution in [3.63, 3.8) is 0 Å². The molecule has 1 aliphatic heterocycles. The number of pyridine rings is 2. The summed E-state index contributed by atoms with van der Waals surface area (Å²) in [7, 11) is 0. The number of nitrogens with zero attached hydrogens (tertiary/aromatic N) is 3. The number of hydrogen-bond donors (Lipinski definition) is 2. The first-order valence-electron chi connectivity index (χ1n) is 11.2. The van der Waals surface area contributed by atoms with Crippen molar-refractivity contribution in [2.75, 3.05) is 18.5 Å². The number of aryl methyl sites for hydroxylation is 3. The first-order valence-corrected chi connectivity index (χ1v) is 11.2. The van der Waals surface area contributed by atoms with Crippen molar-refractivity contribution in [3.8, 4) is 0 Å². The van der Waals surface area contributed by atoms with Gasteiger partial charge in [0, 0.05) is 30.7 Å². The highest BCUT2D eigenvalue weighted by molar-refractivity contribution is 5.70. The molecule has 8 heteroatoms. The molecule has 0 fully saturated rings. The third-order valence-electron chi connectivity index (χ3n) is 5.66. The molecule has 2 N–H and O–H groups in total. The predicted molar refractivity (Wildman–Crippen MR) is 122 cm³/mol. The second kappa shape index (κ2) is 10.3. The molecule has 0 saturated heterocycles. The van der Waals surface area contributed by atoms with E-state index < -0.39 is 0 Å². The Hall–Kier alpha value is -3.42. The maximum atomic E-state index is 12.2. The van der Waals surface area contributed by atoms with Crippen LogP contribution in [0.3, 0.4) is 0 Å². The van der Waals surface area contributed by atoms with Gasteiger partial charge in [0.15, 0.2) is 0 Å². The standard InChI is InChI=1S/C24H29N5O3/c1-2-32-23(31)15-21(18-9-11-22(30)26-16-18)29-14-12-20(28-29)7-3-6-19-10-8-17-5-4-13-25-24(17)27-19/h8-12,14,16,21H,2-7,13,15H2,1H3,(H,25,27)(H,26,30). The molecule has 4 rings (SSSR count). The van der Waals surface area contributed by atoms with Crippen LogP contribution in [0.15, 0.2) is 47.5 Å². The van der Waals surface area contributed by atoms with E-state index in [-0.39, 0.29) is 24.0 Å². The normalized spacial score (nSPS) is 13.8. The number of rotatable bonds is 9. The average molecular weight is 436 g/mol. The fourth-order valence-electron chi connectivity index (χ4n) is 4.01. The van der Waals surface area contributed by atoms with Crippen LogP contribution in [0, 0.1) is 0 Å². The van der Waals surface area contributed by atoms with E-state index in [1.165, 1.54) is 11.6 Å². The number of H-pyrrole nitrogens is 1. The number of aromatic amines is 1. The molecule has 0 aliphatic carbocycles. The van der Waals surface area contributed by atoms with Crippen LogP contribution in [-0.4, -0.2) is 38.9 Å². The SMILES string of the molecule is CCOC(=O)CC(c1ccc(=O)[nH]c1)n1ccc(CCCc2ccc3c(n2)NCCC3)n1. The van der Waals surface area contributed by atoms with Gasteiger partial charge in [-0.05, 0) is 68.4 Å². The Labute approximate surface area is 187 Å². The minimum Gasteiger partial charge on any atom is -0.466 e. The number of carbonyl (C=O) groups is 1. The molecule has 0 bridgehead atoms. The Morgan fingerprint density at radius 1 is 1.19 bits per heavy atom. The molecule has 1 atom stereocenters. The van der Waals surface area contributed by atoms with Crippen molar-refractivity contribution in [3.05, 3.63) is 75.6 Å². The van der Waals surface area contributed by atoms with Gasteiger partial charge in [0.1, 0.15) is 5.82 Å².